The van der Waals surface area contributed by atoms with Gasteiger partial charge in [-0.05, 0) is 28.8 Å². The lowest BCUT2D eigenvalue weighted by atomic mass is 10.2. The Hall–Kier alpha value is -1.54. The van der Waals surface area contributed by atoms with Crippen molar-refractivity contribution in [2.24, 2.45) is 0 Å². The Morgan fingerprint density at radius 2 is 2.44 bits per heavy atom. The number of carboxylic acids is 1. The molecule has 2 heterocycles. The summed E-state index contributed by atoms with van der Waals surface area (Å²) in [6.45, 7) is 0.494. The second-order valence-corrected chi connectivity index (χ2v) is 5.25. The highest BCUT2D eigenvalue weighted by Crippen LogP contribution is 2.14. The van der Waals surface area contributed by atoms with Crippen molar-refractivity contribution in [2.75, 3.05) is 5.75 Å². The predicted molar refractivity (Wildman–Crippen MR) is 69.2 cm³/mol. The normalized spacial score (nSPS) is 10.7. The Morgan fingerprint density at radius 3 is 3.11 bits per heavy atom. The van der Waals surface area contributed by atoms with Crippen LogP contribution < -0.4 is 5.69 Å². The predicted octanol–water partition coefficient (Wildman–Crippen LogP) is 1.05. The van der Waals surface area contributed by atoms with Crippen LogP contribution in [0.15, 0.2) is 26.8 Å². The Bertz CT molecular complexity index is 573. The van der Waals surface area contributed by atoms with E-state index in [9.17, 15) is 9.59 Å². The maximum Gasteiger partial charge on any atom is 0.343 e. The van der Waals surface area contributed by atoms with Gasteiger partial charge in [-0.1, -0.05) is 11.8 Å². The molecule has 0 fully saturated rings. The van der Waals surface area contributed by atoms with E-state index in [1.165, 1.54) is 4.57 Å². The Labute approximate surface area is 111 Å². The number of carboxylic acid groups (broad SMARTS) is 1. The molecule has 0 aliphatic heterocycles. The minimum absolute atomic E-state index is 0.108. The third-order valence-electron chi connectivity index (χ3n) is 2.25. The van der Waals surface area contributed by atoms with Crippen LogP contribution in [0, 0.1) is 0 Å². The molecule has 8 heteroatoms. The molecule has 0 saturated heterocycles. The molecule has 2 aromatic heterocycles. The molecule has 96 valence electrons. The summed E-state index contributed by atoms with van der Waals surface area (Å²) in [5.41, 5.74) is 0.848. The highest BCUT2D eigenvalue weighted by atomic mass is 32.2. The lowest BCUT2D eigenvalue weighted by molar-refractivity contribution is -0.133. The molecule has 0 aromatic carbocycles. The highest BCUT2D eigenvalue weighted by molar-refractivity contribution is 7.99. The molecular formula is C10H11N3O3S2. The van der Waals surface area contributed by atoms with Crippen molar-refractivity contribution in [3.63, 3.8) is 0 Å². The topological polar surface area (TPSA) is 88.0 Å². The van der Waals surface area contributed by atoms with Gasteiger partial charge >= 0.3 is 11.7 Å². The summed E-state index contributed by atoms with van der Waals surface area (Å²) in [5.74, 6) is -1.04. The van der Waals surface area contributed by atoms with Crippen molar-refractivity contribution >= 4 is 29.1 Å². The first-order valence-corrected chi connectivity index (χ1v) is 7.10. The molecule has 2 aromatic rings. The van der Waals surface area contributed by atoms with Gasteiger partial charge in [-0.15, -0.1) is 5.10 Å². The zero-order valence-corrected chi connectivity index (χ0v) is 11.0. The standard InChI is InChI=1S/C10H11N3O3S2/c14-8(15)6-18-10-12-11-9(16)13(10)3-1-7-2-4-17-5-7/h2,4-5H,1,3,6H2,(H,11,16)(H,14,15). The van der Waals surface area contributed by atoms with Gasteiger partial charge in [0.2, 0.25) is 0 Å². The fourth-order valence-corrected chi connectivity index (χ4v) is 2.81. The average Bonchev–Trinajstić information content (AvgIpc) is 2.94. The van der Waals surface area contributed by atoms with Crippen LogP contribution in [0.2, 0.25) is 0 Å². The van der Waals surface area contributed by atoms with Crippen molar-refractivity contribution in [3.8, 4) is 0 Å². The first-order chi connectivity index (χ1) is 8.66. The summed E-state index contributed by atoms with van der Waals surface area (Å²) in [7, 11) is 0. The zero-order valence-electron chi connectivity index (χ0n) is 9.33. The van der Waals surface area contributed by atoms with E-state index in [2.05, 4.69) is 10.2 Å². The third kappa shape index (κ3) is 3.23. The Morgan fingerprint density at radius 1 is 1.61 bits per heavy atom. The van der Waals surface area contributed by atoms with E-state index < -0.39 is 5.97 Å². The molecule has 0 bridgehead atoms. The van der Waals surface area contributed by atoms with E-state index in [1.807, 2.05) is 16.8 Å². The van der Waals surface area contributed by atoms with Crippen molar-refractivity contribution in [1.82, 2.24) is 14.8 Å². The van der Waals surface area contributed by atoms with Crippen LogP contribution in [-0.4, -0.2) is 31.6 Å². The molecule has 0 amide bonds. The molecule has 0 atom stereocenters. The minimum atomic E-state index is -0.931. The second-order valence-electron chi connectivity index (χ2n) is 3.53. The molecule has 2 rings (SSSR count). The van der Waals surface area contributed by atoms with Crippen LogP contribution in [-0.2, 0) is 17.8 Å². The molecule has 0 radical (unpaired) electrons. The van der Waals surface area contributed by atoms with Crippen LogP contribution in [0.1, 0.15) is 5.56 Å². The van der Waals surface area contributed by atoms with Gasteiger partial charge in [0, 0.05) is 6.54 Å². The van der Waals surface area contributed by atoms with Crippen molar-refractivity contribution in [2.45, 2.75) is 18.1 Å². The molecule has 0 aliphatic rings. The summed E-state index contributed by atoms with van der Waals surface area (Å²) in [5, 5.41) is 19.2. The van der Waals surface area contributed by atoms with Crippen LogP contribution in [0.5, 0.6) is 0 Å². The first-order valence-electron chi connectivity index (χ1n) is 5.17. The number of aromatic amines is 1. The SMILES string of the molecule is O=C(O)CSc1n[nH]c(=O)n1CCc1ccsc1. The number of aliphatic carboxylic acids is 1. The number of aryl methyl sites for hydroxylation is 1. The van der Waals surface area contributed by atoms with E-state index in [4.69, 9.17) is 5.11 Å². The summed E-state index contributed by atoms with van der Waals surface area (Å²) in [6, 6.07) is 2.00. The Kier molecular flexibility index (Phi) is 4.21. The number of H-pyrrole nitrogens is 1. The molecule has 0 aliphatic carbocycles. The van der Waals surface area contributed by atoms with E-state index in [0.717, 1.165) is 23.7 Å². The summed E-state index contributed by atoms with van der Waals surface area (Å²) < 4.78 is 1.46. The fraction of sp³-hybridized carbons (Fsp3) is 0.300. The van der Waals surface area contributed by atoms with Gasteiger partial charge in [-0.2, -0.15) is 11.3 Å². The lowest BCUT2D eigenvalue weighted by Crippen LogP contribution is -2.19. The molecule has 18 heavy (non-hydrogen) atoms. The minimum Gasteiger partial charge on any atom is -0.481 e. The van der Waals surface area contributed by atoms with Crippen LogP contribution in [0.3, 0.4) is 0 Å². The maximum absolute atomic E-state index is 11.5. The second kappa shape index (κ2) is 5.87. The van der Waals surface area contributed by atoms with Gasteiger partial charge in [0.05, 0.1) is 5.75 Å². The number of nitrogens with one attached hydrogen (secondary N) is 1. The third-order valence-corrected chi connectivity index (χ3v) is 3.95. The zero-order chi connectivity index (χ0) is 13.0. The number of rotatable bonds is 6. The highest BCUT2D eigenvalue weighted by Gasteiger charge is 2.10. The van der Waals surface area contributed by atoms with E-state index in [0.29, 0.717) is 11.7 Å². The number of nitrogens with zero attached hydrogens (tertiary/aromatic N) is 2. The van der Waals surface area contributed by atoms with Gasteiger partial charge < -0.3 is 5.11 Å². The average molecular weight is 285 g/mol. The number of aromatic nitrogens is 3. The van der Waals surface area contributed by atoms with Gasteiger partial charge in [0.25, 0.3) is 0 Å². The number of hydrogen-bond donors (Lipinski definition) is 2. The van der Waals surface area contributed by atoms with Gasteiger partial charge in [-0.25, -0.2) is 9.89 Å². The van der Waals surface area contributed by atoms with E-state index >= 15 is 0 Å². The molecule has 0 unspecified atom stereocenters. The van der Waals surface area contributed by atoms with Gasteiger partial charge in [0.1, 0.15) is 0 Å². The van der Waals surface area contributed by atoms with Crippen molar-refractivity contribution < 1.29 is 9.90 Å². The smallest absolute Gasteiger partial charge is 0.343 e. The largest absolute Gasteiger partial charge is 0.481 e. The Balaban J connectivity index is 2.04. The number of thiophene rings is 1. The lowest BCUT2D eigenvalue weighted by Gasteiger charge is -2.03. The van der Waals surface area contributed by atoms with Crippen LogP contribution in [0.25, 0.3) is 0 Å². The fourth-order valence-electron chi connectivity index (χ4n) is 1.41. The van der Waals surface area contributed by atoms with Gasteiger partial charge in [-0.3, -0.25) is 9.36 Å². The first kappa shape index (κ1) is 12.9. The number of hydrogen-bond acceptors (Lipinski definition) is 5. The molecule has 6 nitrogen and oxygen atoms in total. The molecule has 0 spiro atoms. The molecule has 0 saturated carbocycles. The van der Waals surface area contributed by atoms with Crippen LogP contribution in [0.4, 0.5) is 0 Å². The van der Waals surface area contributed by atoms with E-state index in [1.54, 1.807) is 11.3 Å². The quantitative estimate of drug-likeness (QED) is 0.775. The number of carbonyl (C=O) groups is 1. The van der Waals surface area contributed by atoms with E-state index in [-0.39, 0.29) is 11.4 Å². The maximum atomic E-state index is 11.5. The number of thioether (sulfide) groups is 1. The molecule has 2 N–H and O–H groups in total. The molecular weight excluding hydrogens is 274 g/mol. The van der Waals surface area contributed by atoms with Gasteiger partial charge in [0.15, 0.2) is 5.16 Å². The summed E-state index contributed by atoms with van der Waals surface area (Å²) >= 11 is 2.64. The van der Waals surface area contributed by atoms with Crippen LogP contribution >= 0.6 is 23.1 Å². The summed E-state index contributed by atoms with van der Waals surface area (Å²) in [4.78, 5) is 22.0. The summed E-state index contributed by atoms with van der Waals surface area (Å²) in [6.07, 6.45) is 0.726. The van der Waals surface area contributed by atoms with Crippen molar-refractivity contribution in [1.29, 1.82) is 0 Å². The van der Waals surface area contributed by atoms with Crippen molar-refractivity contribution in [3.05, 3.63) is 32.9 Å². The monoisotopic (exact) mass is 285 g/mol.